The largest absolute Gasteiger partial charge is 0.464 e. The highest BCUT2D eigenvalue weighted by Gasteiger charge is 2.15. The maximum Gasteiger partial charge on any atom is 0.126 e. The Morgan fingerprint density at radius 2 is 2.11 bits per heavy atom. The molecule has 3 heteroatoms. The first-order valence-corrected chi connectivity index (χ1v) is 6.36. The first-order chi connectivity index (χ1) is 8.74. The number of nitrogens with one attached hydrogen (secondary N) is 1. The Morgan fingerprint density at radius 3 is 2.72 bits per heavy atom. The van der Waals surface area contributed by atoms with Gasteiger partial charge >= 0.3 is 0 Å². The van der Waals surface area contributed by atoms with Crippen LogP contribution in [0.2, 0.25) is 0 Å². The zero-order valence-corrected chi connectivity index (χ0v) is 10.9. The van der Waals surface area contributed by atoms with E-state index in [0.717, 1.165) is 29.9 Å². The number of hydrogen-bond acceptors (Lipinski definition) is 3. The van der Waals surface area contributed by atoms with Crippen molar-refractivity contribution < 1.29 is 4.42 Å². The van der Waals surface area contributed by atoms with Crippen molar-refractivity contribution in [1.82, 2.24) is 5.43 Å². The van der Waals surface area contributed by atoms with E-state index >= 15 is 0 Å². The lowest BCUT2D eigenvalue weighted by molar-refractivity contribution is 0.434. The summed E-state index contributed by atoms with van der Waals surface area (Å²) in [5.41, 5.74) is 5.29. The van der Waals surface area contributed by atoms with Crippen molar-refractivity contribution in [3.8, 4) is 0 Å². The van der Waals surface area contributed by atoms with Crippen LogP contribution in [0.15, 0.2) is 40.8 Å². The first kappa shape index (κ1) is 12.9. The molecule has 0 aliphatic heterocycles. The van der Waals surface area contributed by atoms with E-state index in [4.69, 9.17) is 10.3 Å². The Kier molecular flexibility index (Phi) is 4.18. The molecule has 96 valence electrons. The van der Waals surface area contributed by atoms with Crippen LogP contribution in [0.25, 0.3) is 0 Å². The van der Waals surface area contributed by atoms with Gasteiger partial charge in [0.05, 0.1) is 0 Å². The minimum absolute atomic E-state index is 0.0875. The summed E-state index contributed by atoms with van der Waals surface area (Å²) in [5.74, 6) is 7.41. The smallest absolute Gasteiger partial charge is 0.126 e. The normalized spacial score (nSPS) is 12.6. The molecule has 18 heavy (non-hydrogen) atoms. The fraction of sp³-hybridized carbons (Fsp3) is 0.333. The van der Waals surface area contributed by atoms with Crippen LogP contribution in [0.3, 0.4) is 0 Å². The minimum atomic E-state index is -0.0875. The van der Waals surface area contributed by atoms with Crippen molar-refractivity contribution in [3.63, 3.8) is 0 Å². The van der Waals surface area contributed by atoms with Crippen LogP contribution in [0.4, 0.5) is 0 Å². The minimum Gasteiger partial charge on any atom is -0.464 e. The van der Waals surface area contributed by atoms with Gasteiger partial charge in [0.15, 0.2) is 0 Å². The van der Waals surface area contributed by atoms with Gasteiger partial charge in [-0.1, -0.05) is 37.6 Å². The zero-order valence-electron chi connectivity index (χ0n) is 10.9. The van der Waals surface area contributed by atoms with Crippen LogP contribution < -0.4 is 11.3 Å². The SMILES string of the molecule is CCCc1cccc(C(NN)c2ccc(C)o2)c1. The van der Waals surface area contributed by atoms with Gasteiger partial charge in [-0.25, -0.2) is 5.43 Å². The summed E-state index contributed by atoms with van der Waals surface area (Å²) in [6.45, 7) is 4.12. The van der Waals surface area contributed by atoms with Crippen LogP contribution >= 0.6 is 0 Å². The molecule has 0 amide bonds. The third kappa shape index (κ3) is 2.81. The third-order valence-corrected chi connectivity index (χ3v) is 3.04. The Morgan fingerprint density at radius 1 is 1.28 bits per heavy atom. The van der Waals surface area contributed by atoms with Gasteiger partial charge < -0.3 is 4.42 Å². The molecule has 3 nitrogen and oxygen atoms in total. The molecule has 0 bridgehead atoms. The second kappa shape index (κ2) is 5.85. The zero-order chi connectivity index (χ0) is 13.0. The highest BCUT2D eigenvalue weighted by Crippen LogP contribution is 2.24. The molecule has 1 atom stereocenters. The maximum atomic E-state index is 5.66. The molecule has 2 rings (SSSR count). The third-order valence-electron chi connectivity index (χ3n) is 3.04. The van der Waals surface area contributed by atoms with Gasteiger partial charge in [-0.2, -0.15) is 0 Å². The van der Waals surface area contributed by atoms with E-state index in [-0.39, 0.29) is 6.04 Å². The number of benzene rings is 1. The number of hydrazine groups is 1. The molecule has 0 aliphatic carbocycles. The van der Waals surface area contributed by atoms with Gasteiger partial charge in [0, 0.05) is 0 Å². The highest BCUT2D eigenvalue weighted by molar-refractivity contribution is 5.31. The molecule has 0 aliphatic rings. The summed E-state index contributed by atoms with van der Waals surface area (Å²) in [6, 6.07) is 12.3. The molecular formula is C15H20N2O. The van der Waals surface area contributed by atoms with Gasteiger partial charge in [0.25, 0.3) is 0 Å². The van der Waals surface area contributed by atoms with E-state index in [1.807, 2.05) is 19.1 Å². The Labute approximate surface area is 108 Å². The summed E-state index contributed by atoms with van der Waals surface area (Å²) in [7, 11) is 0. The van der Waals surface area contributed by atoms with E-state index in [1.165, 1.54) is 5.56 Å². The first-order valence-electron chi connectivity index (χ1n) is 6.36. The molecule has 2 aromatic rings. The van der Waals surface area contributed by atoms with E-state index in [0.29, 0.717) is 0 Å². The van der Waals surface area contributed by atoms with Crippen LogP contribution in [0, 0.1) is 6.92 Å². The summed E-state index contributed by atoms with van der Waals surface area (Å²) in [6.07, 6.45) is 2.23. The Hall–Kier alpha value is -1.58. The van der Waals surface area contributed by atoms with Crippen molar-refractivity contribution >= 4 is 0 Å². The number of furan rings is 1. The Balaban J connectivity index is 2.29. The second-order valence-electron chi connectivity index (χ2n) is 4.54. The van der Waals surface area contributed by atoms with Crippen molar-refractivity contribution in [2.75, 3.05) is 0 Å². The monoisotopic (exact) mass is 244 g/mol. The van der Waals surface area contributed by atoms with Gasteiger partial charge in [-0.15, -0.1) is 0 Å². The molecule has 1 heterocycles. The predicted molar refractivity (Wildman–Crippen MR) is 73.0 cm³/mol. The van der Waals surface area contributed by atoms with Crippen molar-refractivity contribution in [3.05, 3.63) is 59.0 Å². The highest BCUT2D eigenvalue weighted by atomic mass is 16.3. The van der Waals surface area contributed by atoms with E-state index in [2.05, 4.69) is 36.6 Å². The molecule has 0 radical (unpaired) electrons. The van der Waals surface area contributed by atoms with Gasteiger partial charge in [0.1, 0.15) is 17.6 Å². The average Bonchev–Trinajstić information content (AvgIpc) is 2.78. The molecule has 0 saturated heterocycles. The lowest BCUT2D eigenvalue weighted by Gasteiger charge is -2.15. The Bertz CT molecular complexity index is 505. The van der Waals surface area contributed by atoms with Crippen LogP contribution in [0.5, 0.6) is 0 Å². The van der Waals surface area contributed by atoms with E-state index < -0.39 is 0 Å². The lowest BCUT2D eigenvalue weighted by Crippen LogP contribution is -2.28. The number of nitrogens with two attached hydrogens (primary N) is 1. The lowest BCUT2D eigenvalue weighted by atomic mass is 10.0. The fourth-order valence-corrected chi connectivity index (χ4v) is 2.17. The number of rotatable bonds is 5. The molecule has 0 saturated carbocycles. The van der Waals surface area contributed by atoms with Gasteiger partial charge in [-0.05, 0) is 36.6 Å². The molecule has 1 unspecified atom stereocenters. The van der Waals surface area contributed by atoms with Crippen molar-refractivity contribution in [2.24, 2.45) is 5.84 Å². The summed E-state index contributed by atoms with van der Waals surface area (Å²) in [4.78, 5) is 0. The predicted octanol–water partition coefficient (Wildman–Crippen LogP) is 3.09. The van der Waals surface area contributed by atoms with Crippen LogP contribution in [-0.2, 0) is 6.42 Å². The number of hydrogen-bond donors (Lipinski definition) is 2. The molecule has 3 N–H and O–H groups in total. The van der Waals surface area contributed by atoms with E-state index in [9.17, 15) is 0 Å². The summed E-state index contributed by atoms with van der Waals surface area (Å²) >= 11 is 0. The molecule has 1 aromatic heterocycles. The average molecular weight is 244 g/mol. The standard InChI is InChI=1S/C15H20N2O/c1-3-5-12-6-4-7-13(10-12)15(17-16)14-9-8-11(2)18-14/h4,6-10,15,17H,3,5,16H2,1-2H3. The van der Waals surface area contributed by atoms with Crippen LogP contribution in [-0.4, -0.2) is 0 Å². The summed E-state index contributed by atoms with van der Waals surface area (Å²) < 4.78 is 5.65. The van der Waals surface area contributed by atoms with Gasteiger partial charge in [-0.3, -0.25) is 5.84 Å². The molecular weight excluding hydrogens is 224 g/mol. The van der Waals surface area contributed by atoms with Crippen LogP contribution in [0.1, 0.15) is 42.0 Å². The van der Waals surface area contributed by atoms with Crippen molar-refractivity contribution in [2.45, 2.75) is 32.7 Å². The second-order valence-corrected chi connectivity index (χ2v) is 4.54. The molecule has 1 aromatic carbocycles. The maximum absolute atomic E-state index is 5.66. The van der Waals surface area contributed by atoms with E-state index in [1.54, 1.807) is 0 Å². The topological polar surface area (TPSA) is 51.2 Å². The molecule has 0 fully saturated rings. The van der Waals surface area contributed by atoms with Crippen molar-refractivity contribution in [1.29, 1.82) is 0 Å². The summed E-state index contributed by atoms with van der Waals surface area (Å²) in [5, 5.41) is 0. The fourth-order valence-electron chi connectivity index (χ4n) is 2.17. The number of aryl methyl sites for hydroxylation is 2. The van der Waals surface area contributed by atoms with Gasteiger partial charge in [0.2, 0.25) is 0 Å². The molecule has 0 spiro atoms. The quantitative estimate of drug-likeness (QED) is 0.627.